The van der Waals surface area contributed by atoms with Crippen molar-refractivity contribution in [1.29, 1.82) is 0 Å². The number of methoxy groups -OCH3 is 1. The van der Waals surface area contributed by atoms with E-state index in [1.54, 1.807) is 0 Å². The zero-order chi connectivity index (χ0) is 15.7. The Bertz CT molecular complexity index is 652. The van der Waals surface area contributed by atoms with Crippen molar-refractivity contribution in [2.75, 3.05) is 12.9 Å². The summed E-state index contributed by atoms with van der Waals surface area (Å²) in [5, 5.41) is 8.72. The summed E-state index contributed by atoms with van der Waals surface area (Å²) in [6.45, 7) is 0. The van der Waals surface area contributed by atoms with E-state index in [1.807, 2.05) is 0 Å². The summed E-state index contributed by atoms with van der Waals surface area (Å²) < 4.78 is 33.8. The maximum atomic E-state index is 12.1. The minimum absolute atomic E-state index is 0.0845. The van der Waals surface area contributed by atoms with Gasteiger partial charge >= 0.3 is 11.9 Å². The normalized spacial score (nSPS) is 16.4. The van der Waals surface area contributed by atoms with Crippen LogP contribution in [0, 0.1) is 5.41 Å². The maximum Gasteiger partial charge on any atom is 0.371 e. The highest BCUT2D eigenvalue weighted by atomic mass is 32.2. The number of carboxylic acid groups (broad SMARTS) is 1. The quantitative estimate of drug-likeness (QED) is 0.753. The zero-order valence-electron chi connectivity index (χ0n) is 11.5. The molecule has 0 radical (unpaired) electrons. The molecule has 2 rings (SSSR count). The highest BCUT2D eigenvalue weighted by molar-refractivity contribution is 7.90. The molecule has 1 fully saturated rings. The second-order valence-electron chi connectivity index (χ2n) is 5.36. The van der Waals surface area contributed by atoms with Crippen LogP contribution in [0.5, 0.6) is 0 Å². The van der Waals surface area contributed by atoms with Crippen LogP contribution in [0.1, 0.15) is 35.6 Å². The van der Waals surface area contributed by atoms with Crippen LogP contribution in [0.25, 0.3) is 0 Å². The van der Waals surface area contributed by atoms with E-state index in [2.05, 4.69) is 4.74 Å². The van der Waals surface area contributed by atoms with Crippen molar-refractivity contribution in [3.8, 4) is 0 Å². The van der Waals surface area contributed by atoms with Crippen LogP contribution in [0.4, 0.5) is 0 Å². The van der Waals surface area contributed by atoms with Gasteiger partial charge in [0, 0.05) is 0 Å². The number of carboxylic acids is 1. The van der Waals surface area contributed by atoms with Crippen LogP contribution < -0.4 is 0 Å². The molecular weight excluding hydrogens is 300 g/mol. The standard InChI is InChI=1S/C13H16O7S/c1-19-11(14)6-13(4-5-13)8-21(17,18)7-9-2-3-10(20-9)12(15)16/h2-3H,4-8H2,1H3,(H,15,16). The van der Waals surface area contributed by atoms with E-state index < -0.39 is 27.2 Å². The number of carbonyl (C=O) groups is 2. The summed E-state index contributed by atoms with van der Waals surface area (Å²) >= 11 is 0. The lowest BCUT2D eigenvalue weighted by Gasteiger charge is -2.13. The molecule has 1 saturated carbocycles. The predicted octanol–water partition coefficient (Wildman–Crippen LogP) is 1.24. The van der Waals surface area contributed by atoms with Crippen LogP contribution in [0.15, 0.2) is 16.5 Å². The average molecular weight is 316 g/mol. The van der Waals surface area contributed by atoms with Gasteiger partial charge in [0.15, 0.2) is 9.84 Å². The Hall–Kier alpha value is -1.83. The monoisotopic (exact) mass is 316 g/mol. The number of carbonyl (C=O) groups excluding carboxylic acids is 1. The van der Waals surface area contributed by atoms with Gasteiger partial charge in [0.1, 0.15) is 11.5 Å². The van der Waals surface area contributed by atoms with Gasteiger partial charge < -0.3 is 14.3 Å². The first kappa shape index (κ1) is 15.6. The lowest BCUT2D eigenvalue weighted by molar-refractivity contribution is -0.141. The number of rotatable bonds is 7. The van der Waals surface area contributed by atoms with Gasteiger partial charge in [-0.25, -0.2) is 13.2 Å². The fourth-order valence-corrected chi connectivity index (χ4v) is 4.25. The van der Waals surface area contributed by atoms with Gasteiger partial charge in [0.2, 0.25) is 5.76 Å². The third kappa shape index (κ3) is 4.07. The zero-order valence-corrected chi connectivity index (χ0v) is 12.3. The summed E-state index contributed by atoms with van der Waals surface area (Å²) in [6, 6.07) is 2.55. The van der Waals surface area contributed by atoms with Gasteiger partial charge in [0.25, 0.3) is 0 Å². The van der Waals surface area contributed by atoms with Crippen molar-refractivity contribution < 1.29 is 32.3 Å². The molecule has 0 saturated heterocycles. The Morgan fingerprint density at radius 2 is 2.05 bits per heavy atom. The fraction of sp³-hybridized carbons (Fsp3) is 0.538. The van der Waals surface area contributed by atoms with E-state index in [-0.39, 0.29) is 29.4 Å². The third-order valence-electron chi connectivity index (χ3n) is 3.46. The van der Waals surface area contributed by atoms with Crippen molar-refractivity contribution >= 4 is 21.8 Å². The van der Waals surface area contributed by atoms with Gasteiger partial charge in [0.05, 0.1) is 19.3 Å². The predicted molar refractivity (Wildman–Crippen MR) is 71.5 cm³/mol. The van der Waals surface area contributed by atoms with Gasteiger partial charge in [-0.3, -0.25) is 4.79 Å². The molecule has 0 aliphatic heterocycles. The highest BCUT2D eigenvalue weighted by Crippen LogP contribution is 2.50. The lowest BCUT2D eigenvalue weighted by Crippen LogP contribution is -2.22. The Morgan fingerprint density at radius 3 is 2.52 bits per heavy atom. The summed E-state index contributed by atoms with van der Waals surface area (Å²) in [5.41, 5.74) is -0.534. The van der Waals surface area contributed by atoms with Crippen molar-refractivity contribution in [3.63, 3.8) is 0 Å². The molecule has 1 aromatic rings. The maximum absolute atomic E-state index is 12.1. The molecule has 1 N–H and O–H groups in total. The summed E-state index contributed by atoms with van der Waals surface area (Å²) in [7, 11) is -2.22. The molecule has 0 bridgehead atoms. The molecule has 0 atom stereocenters. The van der Waals surface area contributed by atoms with E-state index in [0.29, 0.717) is 12.8 Å². The molecule has 21 heavy (non-hydrogen) atoms. The third-order valence-corrected chi connectivity index (χ3v) is 5.24. The van der Waals surface area contributed by atoms with Crippen molar-refractivity contribution in [1.82, 2.24) is 0 Å². The Labute approximate surface area is 121 Å². The Kier molecular flexibility index (Phi) is 4.08. The first-order chi connectivity index (χ1) is 9.75. The van der Waals surface area contributed by atoms with E-state index in [9.17, 15) is 18.0 Å². The minimum atomic E-state index is -3.49. The molecule has 1 aliphatic carbocycles. The first-order valence-electron chi connectivity index (χ1n) is 6.35. The summed E-state index contributed by atoms with van der Waals surface area (Å²) in [5.74, 6) is -2.38. The van der Waals surface area contributed by atoms with Crippen LogP contribution in [-0.2, 0) is 25.1 Å². The lowest BCUT2D eigenvalue weighted by atomic mass is 10.1. The first-order valence-corrected chi connectivity index (χ1v) is 8.17. The summed E-state index contributed by atoms with van der Waals surface area (Å²) in [6.07, 6.45) is 1.42. The average Bonchev–Trinajstić information content (AvgIpc) is 2.94. The molecule has 1 aromatic heterocycles. The molecule has 1 heterocycles. The van der Waals surface area contributed by atoms with Crippen molar-refractivity contribution in [2.24, 2.45) is 5.41 Å². The number of aromatic carboxylic acids is 1. The Balaban J connectivity index is 2.02. The molecule has 7 nitrogen and oxygen atoms in total. The second-order valence-corrected chi connectivity index (χ2v) is 7.42. The van der Waals surface area contributed by atoms with Crippen molar-refractivity contribution in [2.45, 2.75) is 25.0 Å². The molecule has 1 aliphatic rings. The fourth-order valence-electron chi connectivity index (χ4n) is 2.23. The topological polar surface area (TPSA) is 111 Å². The number of ether oxygens (including phenoxy) is 1. The van der Waals surface area contributed by atoms with Gasteiger partial charge in [-0.05, 0) is 30.4 Å². The van der Waals surface area contributed by atoms with Crippen LogP contribution in [0.2, 0.25) is 0 Å². The second kappa shape index (κ2) is 5.51. The molecular formula is C13H16O7S. The Morgan fingerprint density at radius 1 is 1.38 bits per heavy atom. The van der Waals surface area contributed by atoms with E-state index >= 15 is 0 Å². The highest BCUT2D eigenvalue weighted by Gasteiger charge is 2.48. The molecule has 0 spiro atoms. The van der Waals surface area contributed by atoms with Crippen LogP contribution in [-0.4, -0.2) is 38.3 Å². The van der Waals surface area contributed by atoms with E-state index in [4.69, 9.17) is 9.52 Å². The van der Waals surface area contributed by atoms with Gasteiger partial charge in [-0.1, -0.05) is 0 Å². The number of esters is 1. The van der Waals surface area contributed by atoms with Gasteiger partial charge in [-0.2, -0.15) is 0 Å². The number of sulfone groups is 1. The smallest absolute Gasteiger partial charge is 0.371 e. The molecule has 0 unspecified atom stereocenters. The van der Waals surface area contributed by atoms with Crippen LogP contribution in [0.3, 0.4) is 0 Å². The minimum Gasteiger partial charge on any atom is -0.475 e. The van der Waals surface area contributed by atoms with E-state index in [1.165, 1.54) is 19.2 Å². The van der Waals surface area contributed by atoms with E-state index in [0.717, 1.165) is 0 Å². The summed E-state index contributed by atoms with van der Waals surface area (Å²) in [4.78, 5) is 22.0. The molecule has 116 valence electrons. The number of hydrogen-bond acceptors (Lipinski definition) is 6. The molecule has 0 aromatic carbocycles. The largest absolute Gasteiger partial charge is 0.475 e. The molecule has 8 heteroatoms. The van der Waals surface area contributed by atoms with Crippen LogP contribution >= 0.6 is 0 Å². The van der Waals surface area contributed by atoms with Crippen molar-refractivity contribution in [3.05, 3.63) is 23.7 Å². The number of furan rings is 1. The SMILES string of the molecule is COC(=O)CC1(CS(=O)(=O)Cc2ccc(C(=O)O)o2)CC1. The number of hydrogen-bond donors (Lipinski definition) is 1. The molecule has 0 amide bonds. The van der Waals surface area contributed by atoms with Gasteiger partial charge in [-0.15, -0.1) is 0 Å².